The van der Waals surface area contributed by atoms with Crippen LogP contribution in [0.25, 0.3) is 0 Å². The molecule has 0 aromatic carbocycles. The number of unbranched alkanes of at least 4 members (excludes halogenated alkanes) is 1. The summed E-state index contributed by atoms with van der Waals surface area (Å²) in [5.74, 6) is 0.576. The Morgan fingerprint density at radius 2 is 1.79 bits per heavy atom. The van der Waals surface area contributed by atoms with Crippen LogP contribution in [0.15, 0.2) is 0 Å². The molecule has 86 valence electrons. The number of hydrogen-bond donors (Lipinski definition) is 1. The summed E-state index contributed by atoms with van der Waals surface area (Å²) in [5.41, 5.74) is 0. The third-order valence-corrected chi connectivity index (χ3v) is 3.92. The molecular weight excluding hydrogens is 224 g/mol. The van der Waals surface area contributed by atoms with Crippen molar-refractivity contribution in [2.24, 2.45) is 0 Å². The molecule has 0 spiro atoms. The zero-order valence-electron chi connectivity index (χ0n) is 8.79. The second-order valence-electron chi connectivity index (χ2n) is 2.88. The van der Waals surface area contributed by atoms with Crippen molar-refractivity contribution in [2.45, 2.75) is 26.7 Å². The SMILES string of the molecule is CCN(CC)S(=O)(=O)NCCCCCl. The minimum atomic E-state index is -3.26. The van der Waals surface area contributed by atoms with Gasteiger partial charge < -0.3 is 0 Å². The van der Waals surface area contributed by atoms with Crippen molar-refractivity contribution >= 4 is 21.8 Å². The Bertz CT molecular complexity index is 227. The van der Waals surface area contributed by atoms with Crippen LogP contribution >= 0.6 is 11.6 Å². The van der Waals surface area contributed by atoms with E-state index in [-0.39, 0.29) is 0 Å². The topological polar surface area (TPSA) is 49.4 Å². The van der Waals surface area contributed by atoms with E-state index in [9.17, 15) is 8.42 Å². The van der Waals surface area contributed by atoms with E-state index in [0.717, 1.165) is 12.8 Å². The molecule has 0 unspecified atom stereocenters. The van der Waals surface area contributed by atoms with Crippen LogP contribution in [0.1, 0.15) is 26.7 Å². The van der Waals surface area contributed by atoms with Crippen molar-refractivity contribution in [3.8, 4) is 0 Å². The van der Waals surface area contributed by atoms with E-state index in [4.69, 9.17) is 11.6 Å². The average Bonchev–Trinajstić information content (AvgIpc) is 2.14. The molecule has 0 saturated carbocycles. The van der Waals surface area contributed by atoms with Crippen molar-refractivity contribution < 1.29 is 8.42 Å². The zero-order valence-corrected chi connectivity index (χ0v) is 10.4. The average molecular weight is 243 g/mol. The van der Waals surface area contributed by atoms with Gasteiger partial charge >= 0.3 is 0 Å². The predicted molar refractivity (Wildman–Crippen MR) is 59.8 cm³/mol. The first kappa shape index (κ1) is 14.2. The molecule has 0 aliphatic carbocycles. The molecule has 0 rings (SSSR count). The van der Waals surface area contributed by atoms with Crippen LogP contribution in [0.3, 0.4) is 0 Å². The second-order valence-corrected chi connectivity index (χ2v) is 5.01. The molecule has 0 fully saturated rings. The highest BCUT2D eigenvalue weighted by Crippen LogP contribution is 1.97. The Balaban J connectivity index is 3.94. The van der Waals surface area contributed by atoms with Gasteiger partial charge in [-0.2, -0.15) is 12.7 Å². The number of rotatable bonds is 8. The summed E-state index contributed by atoms with van der Waals surface area (Å²) < 4.78 is 27.0. The quantitative estimate of drug-likeness (QED) is 0.513. The molecule has 0 heterocycles. The fraction of sp³-hybridized carbons (Fsp3) is 1.00. The first-order valence-electron chi connectivity index (χ1n) is 4.89. The molecule has 0 radical (unpaired) electrons. The van der Waals surface area contributed by atoms with Crippen LogP contribution in [0, 0.1) is 0 Å². The third-order valence-electron chi connectivity index (χ3n) is 1.89. The smallest absolute Gasteiger partial charge is 0.202 e. The fourth-order valence-electron chi connectivity index (χ4n) is 1.08. The molecule has 4 nitrogen and oxygen atoms in total. The lowest BCUT2D eigenvalue weighted by molar-refractivity contribution is 0.434. The summed E-state index contributed by atoms with van der Waals surface area (Å²) in [7, 11) is -3.26. The normalized spacial score (nSPS) is 12.3. The van der Waals surface area contributed by atoms with E-state index >= 15 is 0 Å². The van der Waals surface area contributed by atoms with Crippen LogP contribution in [-0.4, -0.2) is 38.2 Å². The summed E-state index contributed by atoms with van der Waals surface area (Å²) in [5, 5.41) is 0. The Kier molecular flexibility index (Phi) is 7.54. The molecule has 0 amide bonds. The fourth-order valence-corrected chi connectivity index (χ4v) is 2.53. The monoisotopic (exact) mass is 242 g/mol. The van der Waals surface area contributed by atoms with Gasteiger partial charge in [0.2, 0.25) is 0 Å². The lowest BCUT2D eigenvalue weighted by Crippen LogP contribution is -2.40. The Hall–Kier alpha value is 0.160. The largest absolute Gasteiger partial charge is 0.279 e. The van der Waals surface area contributed by atoms with E-state index in [2.05, 4.69) is 4.72 Å². The zero-order chi connectivity index (χ0) is 11.0. The number of nitrogens with one attached hydrogen (secondary N) is 1. The highest BCUT2D eigenvalue weighted by atomic mass is 35.5. The van der Waals surface area contributed by atoms with E-state index in [1.54, 1.807) is 0 Å². The van der Waals surface area contributed by atoms with Gasteiger partial charge in [0, 0.05) is 25.5 Å². The molecule has 6 heteroatoms. The van der Waals surface area contributed by atoms with Crippen LogP contribution in [0.5, 0.6) is 0 Å². The van der Waals surface area contributed by atoms with Crippen molar-refractivity contribution in [1.29, 1.82) is 0 Å². The molecule has 0 bridgehead atoms. The maximum absolute atomic E-state index is 11.5. The van der Waals surface area contributed by atoms with Gasteiger partial charge in [0.1, 0.15) is 0 Å². The molecule has 0 aliphatic heterocycles. The molecule has 0 aromatic rings. The van der Waals surface area contributed by atoms with Gasteiger partial charge in [-0.3, -0.25) is 0 Å². The van der Waals surface area contributed by atoms with E-state index in [1.807, 2.05) is 13.8 Å². The van der Waals surface area contributed by atoms with Crippen molar-refractivity contribution in [3.05, 3.63) is 0 Å². The van der Waals surface area contributed by atoms with Gasteiger partial charge in [0.05, 0.1) is 0 Å². The van der Waals surface area contributed by atoms with Crippen LogP contribution < -0.4 is 4.72 Å². The number of hydrogen-bond acceptors (Lipinski definition) is 2. The lowest BCUT2D eigenvalue weighted by Gasteiger charge is -2.18. The maximum Gasteiger partial charge on any atom is 0.279 e. The number of nitrogens with zero attached hydrogens (tertiary/aromatic N) is 1. The van der Waals surface area contributed by atoms with Gasteiger partial charge in [-0.25, -0.2) is 4.72 Å². The standard InChI is InChI=1S/C8H19ClN2O2S/c1-3-11(4-2)14(12,13)10-8-6-5-7-9/h10H,3-8H2,1-2H3. The second kappa shape index (κ2) is 7.45. The summed E-state index contributed by atoms with van der Waals surface area (Å²) in [6.07, 6.45) is 1.62. The molecular formula is C8H19ClN2O2S. The Labute approximate surface area is 91.8 Å². The van der Waals surface area contributed by atoms with Crippen molar-refractivity contribution in [1.82, 2.24) is 9.03 Å². The Morgan fingerprint density at radius 1 is 1.21 bits per heavy atom. The Morgan fingerprint density at radius 3 is 2.21 bits per heavy atom. The van der Waals surface area contributed by atoms with Gasteiger partial charge in [0.15, 0.2) is 0 Å². The highest BCUT2D eigenvalue weighted by molar-refractivity contribution is 7.87. The van der Waals surface area contributed by atoms with Crippen molar-refractivity contribution in [2.75, 3.05) is 25.5 Å². The third kappa shape index (κ3) is 5.14. The first-order valence-corrected chi connectivity index (χ1v) is 6.86. The number of alkyl halides is 1. The van der Waals surface area contributed by atoms with Gasteiger partial charge in [-0.15, -0.1) is 11.6 Å². The van der Waals surface area contributed by atoms with Gasteiger partial charge in [-0.1, -0.05) is 13.8 Å². The van der Waals surface area contributed by atoms with Crippen LogP contribution in [0.4, 0.5) is 0 Å². The van der Waals surface area contributed by atoms with E-state index in [1.165, 1.54) is 4.31 Å². The molecule has 14 heavy (non-hydrogen) atoms. The minimum absolute atomic E-state index is 0.464. The summed E-state index contributed by atoms with van der Waals surface area (Å²) >= 11 is 5.48. The van der Waals surface area contributed by atoms with Gasteiger partial charge in [-0.05, 0) is 12.8 Å². The minimum Gasteiger partial charge on any atom is -0.202 e. The van der Waals surface area contributed by atoms with Crippen molar-refractivity contribution in [3.63, 3.8) is 0 Å². The number of halogens is 1. The summed E-state index contributed by atoms with van der Waals surface area (Å²) in [6, 6.07) is 0. The molecule has 0 aliphatic rings. The molecule has 0 aromatic heterocycles. The molecule has 1 N–H and O–H groups in total. The van der Waals surface area contributed by atoms with Gasteiger partial charge in [0.25, 0.3) is 10.2 Å². The summed E-state index contributed by atoms with van der Waals surface area (Å²) in [6.45, 7) is 5.11. The summed E-state index contributed by atoms with van der Waals surface area (Å²) in [4.78, 5) is 0. The predicted octanol–water partition coefficient (Wildman–Crippen LogP) is 1.18. The van der Waals surface area contributed by atoms with Crippen LogP contribution in [0.2, 0.25) is 0 Å². The molecule has 0 atom stereocenters. The maximum atomic E-state index is 11.5. The lowest BCUT2D eigenvalue weighted by atomic mass is 10.3. The van der Waals surface area contributed by atoms with Crippen LogP contribution in [-0.2, 0) is 10.2 Å². The highest BCUT2D eigenvalue weighted by Gasteiger charge is 2.16. The van der Waals surface area contributed by atoms with E-state index < -0.39 is 10.2 Å². The van der Waals surface area contributed by atoms with E-state index in [0.29, 0.717) is 25.5 Å². The molecule has 0 saturated heterocycles. The first-order chi connectivity index (χ1) is 6.58.